The normalized spacial score (nSPS) is 10.9. The van der Waals surface area contributed by atoms with Crippen molar-refractivity contribution in [2.45, 2.75) is 33.5 Å². The number of hydrogen-bond acceptors (Lipinski definition) is 2. The summed E-state index contributed by atoms with van der Waals surface area (Å²) in [5, 5.41) is 7.34. The predicted octanol–water partition coefficient (Wildman–Crippen LogP) is 2.78. The highest BCUT2D eigenvalue weighted by atomic mass is 19.2. The number of hydrogen-bond donors (Lipinski definition) is 1. The Hall–Kier alpha value is -1.75. The predicted molar refractivity (Wildman–Crippen MR) is 69.5 cm³/mol. The van der Waals surface area contributed by atoms with Crippen LogP contribution in [0.25, 0.3) is 0 Å². The summed E-state index contributed by atoms with van der Waals surface area (Å²) in [6, 6.07) is 4.21. The van der Waals surface area contributed by atoms with Crippen molar-refractivity contribution >= 4 is 0 Å². The molecule has 0 bridgehead atoms. The van der Waals surface area contributed by atoms with Gasteiger partial charge in [-0.2, -0.15) is 5.10 Å². The van der Waals surface area contributed by atoms with Gasteiger partial charge in [-0.1, -0.05) is 12.1 Å². The smallest absolute Gasteiger partial charge is 0.163 e. The maximum atomic E-state index is 13.4. The van der Waals surface area contributed by atoms with Crippen molar-refractivity contribution in [1.29, 1.82) is 0 Å². The molecule has 1 aromatic carbocycles. The third-order valence-corrected chi connectivity index (χ3v) is 3.17. The molecule has 0 saturated heterocycles. The van der Waals surface area contributed by atoms with Crippen molar-refractivity contribution in [2.24, 2.45) is 0 Å². The highest BCUT2D eigenvalue weighted by Crippen LogP contribution is 2.12. The summed E-state index contributed by atoms with van der Waals surface area (Å²) in [6.07, 6.45) is 1.80. The molecule has 0 saturated carbocycles. The molecular weight excluding hydrogens is 248 g/mol. The minimum atomic E-state index is -0.811. The van der Waals surface area contributed by atoms with Gasteiger partial charge >= 0.3 is 0 Å². The maximum absolute atomic E-state index is 13.4. The van der Waals surface area contributed by atoms with Crippen molar-refractivity contribution in [3.8, 4) is 0 Å². The zero-order valence-electron chi connectivity index (χ0n) is 11.1. The van der Waals surface area contributed by atoms with Gasteiger partial charge in [-0.05, 0) is 19.9 Å². The summed E-state index contributed by atoms with van der Waals surface area (Å²) in [7, 11) is 0. The van der Waals surface area contributed by atoms with Gasteiger partial charge in [-0.15, -0.1) is 0 Å². The Morgan fingerprint density at radius 3 is 2.63 bits per heavy atom. The van der Waals surface area contributed by atoms with E-state index < -0.39 is 11.6 Å². The van der Waals surface area contributed by atoms with Crippen LogP contribution in [0.3, 0.4) is 0 Å². The third kappa shape index (κ3) is 2.98. The number of aromatic nitrogens is 2. The van der Waals surface area contributed by atoms with E-state index in [2.05, 4.69) is 10.4 Å². The first-order valence-electron chi connectivity index (χ1n) is 6.28. The lowest BCUT2D eigenvalue weighted by molar-refractivity contribution is 0.492. The fourth-order valence-electron chi connectivity index (χ4n) is 1.99. The molecule has 2 aromatic rings. The Bertz CT molecular complexity index is 564. The van der Waals surface area contributed by atoms with Crippen LogP contribution in [-0.2, 0) is 19.6 Å². The number of nitrogens with one attached hydrogen (secondary N) is 1. The zero-order valence-corrected chi connectivity index (χ0v) is 11.1. The lowest BCUT2D eigenvalue weighted by Gasteiger charge is -2.06. The Labute approximate surface area is 111 Å². The van der Waals surface area contributed by atoms with Crippen molar-refractivity contribution in [2.75, 3.05) is 0 Å². The lowest BCUT2D eigenvalue weighted by Crippen LogP contribution is -2.14. The first-order chi connectivity index (χ1) is 9.13. The molecule has 5 heteroatoms. The van der Waals surface area contributed by atoms with Crippen molar-refractivity contribution in [3.05, 3.63) is 52.9 Å². The van der Waals surface area contributed by atoms with Gasteiger partial charge in [0.2, 0.25) is 0 Å². The average molecular weight is 265 g/mol. The molecule has 0 aliphatic carbocycles. The Kier molecular flexibility index (Phi) is 4.27. The van der Waals surface area contributed by atoms with E-state index >= 15 is 0 Å². The molecule has 1 N–H and O–H groups in total. The van der Waals surface area contributed by atoms with Crippen molar-refractivity contribution in [3.63, 3.8) is 0 Å². The molecule has 0 aliphatic heterocycles. The van der Waals surface area contributed by atoms with Gasteiger partial charge < -0.3 is 5.32 Å². The van der Waals surface area contributed by atoms with Crippen LogP contribution in [0.15, 0.2) is 24.4 Å². The third-order valence-electron chi connectivity index (χ3n) is 3.17. The summed E-state index contributed by atoms with van der Waals surface area (Å²) < 4.78 is 28.4. The molecule has 0 fully saturated rings. The van der Waals surface area contributed by atoms with E-state index in [-0.39, 0.29) is 0 Å². The maximum Gasteiger partial charge on any atom is 0.163 e. The second-order valence-electron chi connectivity index (χ2n) is 4.39. The standard InChI is InChI=1S/C14H17F2N3/c1-3-19-10(2)12(9-18-19)8-17-7-11-5-4-6-13(15)14(11)16/h4-6,9,17H,3,7-8H2,1-2H3. The quantitative estimate of drug-likeness (QED) is 0.901. The Morgan fingerprint density at radius 1 is 1.21 bits per heavy atom. The first kappa shape index (κ1) is 13.7. The van der Waals surface area contributed by atoms with Crippen LogP contribution in [0, 0.1) is 18.6 Å². The Balaban J connectivity index is 1.96. The second-order valence-corrected chi connectivity index (χ2v) is 4.39. The van der Waals surface area contributed by atoms with Crippen LogP contribution in [0.1, 0.15) is 23.7 Å². The first-order valence-corrected chi connectivity index (χ1v) is 6.28. The minimum absolute atomic E-state index is 0.292. The van der Waals surface area contributed by atoms with E-state index in [1.54, 1.807) is 12.3 Å². The average Bonchev–Trinajstić information content (AvgIpc) is 2.75. The summed E-state index contributed by atoms with van der Waals surface area (Å²) in [5.74, 6) is -1.59. The second kappa shape index (κ2) is 5.93. The molecule has 0 atom stereocenters. The molecule has 19 heavy (non-hydrogen) atoms. The topological polar surface area (TPSA) is 29.9 Å². The van der Waals surface area contributed by atoms with Crippen LogP contribution >= 0.6 is 0 Å². The monoisotopic (exact) mass is 265 g/mol. The highest BCUT2D eigenvalue weighted by molar-refractivity contribution is 5.20. The lowest BCUT2D eigenvalue weighted by atomic mass is 10.2. The van der Waals surface area contributed by atoms with E-state index in [0.717, 1.165) is 23.9 Å². The molecule has 2 rings (SSSR count). The van der Waals surface area contributed by atoms with Crippen molar-refractivity contribution < 1.29 is 8.78 Å². The van der Waals surface area contributed by atoms with E-state index in [9.17, 15) is 8.78 Å². The van der Waals surface area contributed by atoms with Gasteiger partial charge in [0.15, 0.2) is 11.6 Å². The molecule has 0 aliphatic rings. The van der Waals surface area contributed by atoms with Gasteiger partial charge in [0, 0.05) is 36.5 Å². The Morgan fingerprint density at radius 2 is 1.95 bits per heavy atom. The van der Waals surface area contributed by atoms with Crippen LogP contribution in [0.5, 0.6) is 0 Å². The molecule has 0 radical (unpaired) electrons. The molecule has 0 unspecified atom stereocenters. The summed E-state index contributed by atoms with van der Waals surface area (Å²) in [6.45, 7) is 5.72. The van der Waals surface area contributed by atoms with Gasteiger partial charge in [0.05, 0.1) is 6.20 Å². The number of halogens is 2. The van der Waals surface area contributed by atoms with E-state index in [1.165, 1.54) is 6.07 Å². The number of nitrogens with zero attached hydrogens (tertiary/aromatic N) is 2. The van der Waals surface area contributed by atoms with Crippen molar-refractivity contribution in [1.82, 2.24) is 15.1 Å². The zero-order chi connectivity index (χ0) is 13.8. The van der Waals surface area contributed by atoms with Gasteiger partial charge in [0.25, 0.3) is 0 Å². The van der Waals surface area contributed by atoms with E-state index in [1.807, 2.05) is 18.5 Å². The van der Waals surface area contributed by atoms with E-state index in [4.69, 9.17) is 0 Å². The molecule has 0 spiro atoms. The largest absolute Gasteiger partial charge is 0.308 e. The molecule has 1 heterocycles. The minimum Gasteiger partial charge on any atom is -0.308 e. The highest BCUT2D eigenvalue weighted by Gasteiger charge is 2.08. The number of aryl methyl sites for hydroxylation is 1. The van der Waals surface area contributed by atoms with E-state index in [0.29, 0.717) is 18.7 Å². The summed E-state index contributed by atoms with van der Waals surface area (Å²) >= 11 is 0. The SMILES string of the molecule is CCn1ncc(CNCc2cccc(F)c2F)c1C. The van der Waals surface area contributed by atoms with Gasteiger partial charge in [-0.3, -0.25) is 4.68 Å². The van der Waals surface area contributed by atoms with Crippen LogP contribution in [0.4, 0.5) is 8.78 Å². The van der Waals surface area contributed by atoms with Crippen LogP contribution in [-0.4, -0.2) is 9.78 Å². The fourth-order valence-corrected chi connectivity index (χ4v) is 1.99. The van der Waals surface area contributed by atoms with Crippen LogP contribution < -0.4 is 5.32 Å². The fraction of sp³-hybridized carbons (Fsp3) is 0.357. The molecular formula is C14H17F2N3. The molecule has 1 aromatic heterocycles. The summed E-state index contributed by atoms with van der Waals surface area (Å²) in [5.41, 5.74) is 2.49. The van der Waals surface area contributed by atoms with Gasteiger partial charge in [0.1, 0.15) is 0 Å². The summed E-state index contributed by atoms with van der Waals surface area (Å²) in [4.78, 5) is 0. The van der Waals surface area contributed by atoms with Gasteiger partial charge in [-0.25, -0.2) is 8.78 Å². The number of benzene rings is 1. The molecule has 102 valence electrons. The molecule has 0 amide bonds. The molecule has 3 nitrogen and oxygen atoms in total. The number of rotatable bonds is 5. The van der Waals surface area contributed by atoms with Crippen LogP contribution in [0.2, 0.25) is 0 Å².